The standard InChI is InChI=1S/C45H51FN8O4/c1-26-37(46)18-38-36(20-48-51-38)40(26)41-34(30-8-9-30)17-35-42(49-45(58-33-10-14-56-15-11-33)50-44(35)54-23-31-16-32(54)19-47-31)43(41)57-25-29-6-4-28(5-7-29)22-53-13-12-52(24-39(53)55)21-27-2-3-27/h4-7,17-18,20,27,30-33,47H,2-3,8-16,19,21-25H2,1H3,(H,48,51)/t31-,32-/m0/s1. The fourth-order valence-electron chi connectivity index (χ4n) is 9.72. The van der Waals surface area contributed by atoms with E-state index in [2.05, 4.69) is 55.6 Å². The van der Waals surface area contributed by atoms with Crippen LogP contribution in [-0.2, 0) is 22.7 Å². The normalized spacial score (nSPS) is 22.8. The maximum Gasteiger partial charge on any atom is 0.319 e. The van der Waals surface area contributed by atoms with Crippen molar-refractivity contribution in [2.45, 2.75) is 89.1 Å². The van der Waals surface area contributed by atoms with Gasteiger partial charge in [-0.1, -0.05) is 24.3 Å². The van der Waals surface area contributed by atoms with E-state index in [1.54, 1.807) is 6.20 Å². The lowest BCUT2D eigenvalue weighted by molar-refractivity contribution is -0.136. The van der Waals surface area contributed by atoms with Gasteiger partial charge in [0, 0.05) is 86.1 Å². The van der Waals surface area contributed by atoms with Crippen molar-refractivity contribution in [3.05, 3.63) is 70.7 Å². The van der Waals surface area contributed by atoms with Crippen molar-refractivity contribution >= 4 is 33.5 Å². The number of hydrogen-bond acceptors (Lipinski definition) is 10. The van der Waals surface area contributed by atoms with Crippen molar-refractivity contribution in [1.82, 2.24) is 35.3 Å². The second kappa shape index (κ2) is 14.8. The summed E-state index contributed by atoms with van der Waals surface area (Å²) in [6, 6.07) is 13.2. The Labute approximate surface area is 337 Å². The summed E-state index contributed by atoms with van der Waals surface area (Å²) in [4.78, 5) is 30.2. The molecular formula is C45H51FN8O4. The zero-order valence-corrected chi connectivity index (χ0v) is 33.1. The van der Waals surface area contributed by atoms with Gasteiger partial charge in [0.2, 0.25) is 5.91 Å². The van der Waals surface area contributed by atoms with Crippen molar-refractivity contribution in [1.29, 1.82) is 0 Å². The van der Waals surface area contributed by atoms with Gasteiger partial charge in [0.1, 0.15) is 29.9 Å². The molecule has 2 aliphatic carbocycles. The molecule has 2 N–H and O–H groups in total. The number of aromatic amines is 1. The number of aromatic nitrogens is 4. The number of amides is 1. The number of halogens is 1. The largest absolute Gasteiger partial charge is 0.486 e. The molecule has 12 nitrogen and oxygen atoms in total. The number of nitrogens with one attached hydrogen (secondary N) is 2. The number of benzene rings is 3. The van der Waals surface area contributed by atoms with Gasteiger partial charge in [-0.05, 0) is 85.3 Å². The van der Waals surface area contributed by atoms with E-state index in [0.29, 0.717) is 72.7 Å². The van der Waals surface area contributed by atoms with Crippen LogP contribution in [0.25, 0.3) is 32.9 Å². The van der Waals surface area contributed by atoms with E-state index in [-0.39, 0.29) is 24.4 Å². The third-order valence-corrected chi connectivity index (χ3v) is 13.3. The Bertz CT molecular complexity index is 2370. The van der Waals surface area contributed by atoms with Gasteiger partial charge in [-0.2, -0.15) is 15.1 Å². The van der Waals surface area contributed by atoms with E-state index in [9.17, 15) is 4.79 Å². The molecule has 1 amide bonds. The maximum atomic E-state index is 15.9. The van der Waals surface area contributed by atoms with Crippen LogP contribution in [0, 0.1) is 18.7 Å². The number of ether oxygens (including phenoxy) is 3. The van der Waals surface area contributed by atoms with Crippen molar-refractivity contribution in [3.63, 3.8) is 0 Å². The summed E-state index contributed by atoms with van der Waals surface area (Å²) in [5.41, 5.74) is 6.69. The Morgan fingerprint density at radius 3 is 2.53 bits per heavy atom. The third kappa shape index (κ3) is 6.94. The SMILES string of the molecule is Cc1c(F)cc2[nH]ncc2c1-c1c(C2CC2)cc2c(N3C[C@@H]4C[C@H]3CN4)nc(OC3CCOCC3)nc2c1OCc1ccc(CN2CCN(CC3CC3)CC2=O)cc1. The topological polar surface area (TPSA) is 121 Å². The van der Waals surface area contributed by atoms with Crippen LogP contribution in [0.2, 0.25) is 0 Å². The number of H-pyrrole nitrogens is 1. The van der Waals surface area contributed by atoms with Crippen LogP contribution in [0.1, 0.15) is 73.1 Å². The minimum absolute atomic E-state index is 0.0539. The Hall–Kier alpha value is -4.85. The second-order valence-corrected chi connectivity index (χ2v) is 17.5. The molecular weight excluding hydrogens is 736 g/mol. The molecule has 13 heteroatoms. The lowest BCUT2D eigenvalue weighted by Gasteiger charge is -2.34. The molecule has 2 saturated carbocycles. The monoisotopic (exact) mass is 786 g/mol. The summed E-state index contributed by atoms with van der Waals surface area (Å²) in [5, 5.41) is 12.8. The molecule has 2 aromatic heterocycles. The molecule has 11 rings (SSSR count). The number of carbonyl (C=O) groups excluding carboxylic acids is 1. The van der Waals surface area contributed by atoms with Crippen molar-refractivity contribution in [3.8, 4) is 22.9 Å². The molecule has 302 valence electrons. The van der Waals surface area contributed by atoms with Crippen LogP contribution < -0.4 is 19.7 Å². The third-order valence-electron chi connectivity index (χ3n) is 13.3. The number of piperazine rings is 2. The quantitative estimate of drug-likeness (QED) is 0.151. The molecule has 2 bridgehead atoms. The Morgan fingerprint density at radius 2 is 1.79 bits per heavy atom. The Kier molecular flexibility index (Phi) is 9.22. The van der Waals surface area contributed by atoms with E-state index in [1.807, 2.05) is 11.8 Å². The summed E-state index contributed by atoms with van der Waals surface area (Å²) in [6.45, 7) is 9.01. The van der Waals surface area contributed by atoms with Gasteiger partial charge in [0.05, 0.1) is 31.5 Å². The van der Waals surface area contributed by atoms with Crippen LogP contribution in [0.3, 0.4) is 0 Å². The van der Waals surface area contributed by atoms with Gasteiger partial charge in [-0.25, -0.2) is 4.39 Å². The summed E-state index contributed by atoms with van der Waals surface area (Å²) in [5.74, 6) is 2.46. The van der Waals surface area contributed by atoms with E-state index < -0.39 is 0 Å². The molecule has 2 atom stereocenters. The van der Waals surface area contributed by atoms with Crippen molar-refractivity contribution in [2.24, 2.45) is 5.92 Å². The number of fused-ring (bicyclic) bond motifs is 4. The number of anilines is 1. The Morgan fingerprint density at radius 1 is 0.966 bits per heavy atom. The molecule has 5 aromatic rings. The average Bonchev–Trinajstić information content (AvgIpc) is 4.12. The molecule has 6 aliphatic rings. The summed E-state index contributed by atoms with van der Waals surface area (Å²) < 4.78 is 35.3. The molecule has 4 saturated heterocycles. The van der Waals surface area contributed by atoms with Gasteiger partial charge < -0.3 is 29.3 Å². The zero-order chi connectivity index (χ0) is 38.9. The van der Waals surface area contributed by atoms with E-state index >= 15 is 4.39 Å². The molecule has 6 heterocycles. The van der Waals surface area contributed by atoms with Gasteiger partial charge in [-0.15, -0.1) is 0 Å². The average molecular weight is 787 g/mol. The fraction of sp³-hybridized carbons (Fsp3) is 0.511. The first-order chi connectivity index (χ1) is 28.4. The molecule has 3 aromatic carbocycles. The fourth-order valence-corrected chi connectivity index (χ4v) is 9.72. The van der Waals surface area contributed by atoms with Crippen molar-refractivity contribution in [2.75, 3.05) is 57.4 Å². The van der Waals surface area contributed by atoms with Crippen molar-refractivity contribution < 1.29 is 23.4 Å². The van der Waals surface area contributed by atoms with Gasteiger partial charge in [0.15, 0.2) is 5.75 Å². The molecule has 0 unspecified atom stereocenters. The van der Waals surface area contributed by atoms with Crippen LogP contribution in [0.5, 0.6) is 11.8 Å². The highest BCUT2D eigenvalue weighted by Gasteiger charge is 2.41. The number of hydrogen-bond donors (Lipinski definition) is 2. The number of carbonyl (C=O) groups is 1. The van der Waals surface area contributed by atoms with Crippen LogP contribution in [0.15, 0.2) is 42.6 Å². The van der Waals surface area contributed by atoms with Crippen LogP contribution in [0.4, 0.5) is 10.2 Å². The zero-order valence-electron chi connectivity index (χ0n) is 33.1. The van der Waals surface area contributed by atoms with Crippen LogP contribution >= 0.6 is 0 Å². The first-order valence-corrected chi connectivity index (χ1v) is 21.4. The molecule has 58 heavy (non-hydrogen) atoms. The van der Waals surface area contributed by atoms with Gasteiger partial charge in [0.25, 0.3) is 0 Å². The molecule has 4 aliphatic heterocycles. The van der Waals surface area contributed by atoms with E-state index in [1.165, 1.54) is 18.9 Å². The van der Waals surface area contributed by atoms with Gasteiger partial charge in [-0.3, -0.25) is 14.8 Å². The van der Waals surface area contributed by atoms with Crippen LogP contribution in [-0.4, -0.2) is 107 Å². The highest BCUT2D eigenvalue weighted by atomic mass is 19.1. The molecule has 0 radical (unpaired) electrons. The summed E-state index contributed by atoms with van der Waals surface area (Å²) >= 11 is 0. The first-order valence-electron chi connectivity index (χ1n) is 21.4. The molecule has 6 fully saturated rings. The Balaban J connectivity index is 0.994. The smallest absolute Gasteiger partial charge is 0.319 e. The number of rotatable bonds is 12. The summed E-state index contributed by atoms with van der Waals surface area (Å²) in [7, 11) is 0. The van der Waals surface area contributed by atoms with E-state index in [4.69, 9.17) is 24.2 Å². The predicted octanol–water partition coefficient (Wildman–Crippen LogP) is 6.24. The first kappa shape index (κ1) is 36.2. The second-order valence-electron chi connectivity index (χ2n) is 17.5. The predicted molar refractivity (Wildman–Crippen MR) is 219 cm³/mol. The minimum Gasteiger partial charge on any atom is -0.486 e. The molecule has 0 spiro atoms. The number of nitrogens with zero attached hydrogens (tertiary/aromatic N) is 6. The lowest BCUT2D eigenvalue weighted by atomic mass is 9.88. The summed E-state index contributed by atoms with van der Waals surface area (Å²) in [6.07, 6.45) is 9.02. The maximum absolute atomic E-state index is 15.9. The van der Waals surface area contributed by atoms with Gasteiger partial charge >= 0.3 is 6.01 Å². The minimum atomic E-state index is -0.301. The highest BCUT2D eigenvalue weighted by molar-refractivity contribution is 6.06. The highest BCUT2D eigenvalue weighted by Crippen LogP contribution is 2.53. The van der Waals surface area contributed by atoms with E-state index in [0.717, 1.165) is 115 Å². The lowest BCUT2D eigenvalue weighted by Crippen LogP contribution is -2.50.